The van der Waals surface area contributed by atoms with E-state index in [9.17, 15) is 22.8 Å². The van der Waals surface area contributed by atoms with Crippen LogP contribution in [0.3, 0.4) is 0 Å². The Hall–Kier alpha value is -2.40. The molecule has 3 aromatic rings. The highest BCUT2D eigenvalue weighted by Gasteiger charge is 2.33. The number of rotatable bonds is 4. The Balaban J connectivity index is 1.66. The summed E-state index contributed by atoms with van der Waals surface area (Å²) in [5, 5.41) is 3.26. The van der Waals surface area contributed by atoms with Crippen molar-refractivity contribution in [2.45, 2.75) is 18.3 Å². The SMILES string of the molecule is Cc1nc2cc(NC(=O)CSc3nc(C(F)(F)F)cc(=O)[nH]3)ccc2s1. The number of H-pyrrole nitrogens is 1. The lowest BCUT2D eigenvalue weighted by atomic mass is 10.3. The Morgan fingerprint density at radius 3 is 2.81 bits per heavy atom. The van der Waals surface area contributed by atoms with Crippen molar-refractivity contribution in [3.8, 4) is 0 Å². The first-order chi connectivity index (χ1) is 12.2. The number of fused-ring (bicyclic) bond motifs is 1. The van der Waals surface area contributed by atoms with Crippen LogP contribution >= 0.6 is 23.1 Å². The molecular formula is C15H11F3N4O2S2. The van der Waals surface area contributed by atoms with Gasteiger partial charge in [0.25, 0.3) is 5.56 Å². The maximum absolute atomic E-state index is 12.7. The smallest absolute Gasteiger partial charge is 0.325 e. The van der Waals surface area contributed by atoms with Gasteiger partial charge in [-0.05, 0) is 25.1 Å². The predicted octanol–water partition coefficient (Wildman–Crippen LogP) is 3.44. The molecule has 0 saturated carbocycles. The number of thioether (sulfide) groups is 1. The van der Waals surface area contributed by atoms with E-state index in [0.717, 1.165) is 15.2 Å². The summed E-state index contributed by atoms with van der Waals surface area (Å²) in [4.78, 5) is 33.1. The number of thiazole rings is 1. The number of aromatic amines is 1. The maximum atomic E-state index is 12.7. The number of aromatic nitrogens is 3. The van der Waals surface area contributed by atoms with Crippen molar-refractivity contribution in [2.24, 2.45) is 0 Å². The first-order valence-electron chi connectivity index (χ1n) is 7.19. The van der Waals surface area contributed by atoms with Crippen LogP contribution in [0.25, 0.3) is 10.2 Å². The van der Waals surface area contributed by atoms with Crippen LogP contribution in [-0.2, 0) is 11.0 Å². The number of hydrogen-bond acceptors (Lipinski definition) is 6. The molecule has 0 saturated heterocycles. The molecule has 0 unspecified atom stereocenters. The van der Waals surface area contributed by atoms with Crippen molar-refractivity contribution in [3.63, 3.8) is 0 Å². The summed E-state index contributed by atoms with van der Waals surface area (Å²) < 4.78 is 39.0. The summed E-state index contributed by atoms with van der Waals surface area (Å²) in [6.07, 6.45) is -4.73. The van der Waals surface area contributed by atoms with E-state index in [1.54, 1.807) is 12.1 Å². The lowest BCUT2D eigenvalue weighted by molar-refractivity contribution is -0.141. The molecule has 26 heavy (non-hydrogen) atoms. The second-order valence-electron chi connectivity index (χ2n) is 5.19. The number of amides is 1. The van der Waals surface area contributed by atoms with Crippen LogP contribution < -0.4 is 10.9 Å². The van der Waals surface area contributed by atoms with Gasteiger partial charge in [0.1, 0.15) is 0 Å². The van der Waals surface area contributed by atoms with E-state index < -0.39 is 23.3 Å². The summed E-state index contributed by atoms with van der Waals surface area (Å²) in [6, 6.07) is 5.63. The lowest BCUT2D eigenvalue weighted by Crippen LogP contribution is -2.18. The van der Waals surface area contributed by atoms with E-state index in [-0.39, 0.29) is 10.9 Å². The topological polar surface area (TPSA) is 87.7 Å². The fourth-order valence-corrected chi connectivity index (χ4v) is 3.58. The van der Waals surface area contributed by atoms with E-state index in [4.69, 9.17) is 0 Å². The molecule has 0 radical (unpaired) electrons. The zero-order valence-electron chi connectivity index (χ0n) is 13.2. The minimum Gasteiger partial charge on any atom is -0.325 e. The fourth-order valence-electron chi connectivity index (χ4n) is 2.10. The molecule has 2 heterocycles. The Labute approximate surface area is 152 Å². The molecule has 0 spiro atoms. The molecule has 0 fully saturated rings. The standard InChI is InChI=1S/C15H11F3N4O2S2/c1-7-19-9-4-8(2-3-10(9)26-7)20-13(24)6-25-14-21-11(15(16,17)18)5-12(23)22-14/h2-5H,6H2,1H3,(H,20,24)(H,21,22,23). The monoisotopic (exact) mass is 400 g/mol. The number of carbonyl (C=O) groups is 1. The Morgan fingerprint density at radius 2 is 2.08 bits per heavy atom. The third-order valence-corrected chi connectivity index (χ3v) is 4.95. The third-order valence-electron chi connectivity index (χ3n) is 3.13. The summed E-state index contributed by atoms with van der Waals surface area (Å²) in [5.74, 6) is -0.653. The molecule has 2 aromatic heterocycles. The van der Waals surface area contributed by atoms with Gasteiger partial charge < -0.3 is 10.3 Å². The molecule has 0 atom stereocenters. The molecule has 0 bridgehead atoms. The van der Waals surface area contributed by atoms with Crippen molar-refractivity contribution in [2.75, 3.05) is 11.1 Å². The Kier molecular flexibility index (Phi) is 5.01. The van der Waals surface area contributed by atoms with Gasteiger partial charge in [-0.1, -0.05) is 11.8 Å². The number of alkyl halides is 3. The van der Waals surface area contributed by atoms with Gasteiger partial charge in [-0.3, -0.25) is 9.59 Å². The minimum absolute atomic E-state index is 0.210. The average Bonchev–Trinajstić information content (AvgIpc) is 2.91. The normalized spacial score (nSPS) is 11.7. The van der Waals surface area contributed by atoms with Gasteiger partial charge in [0.2, 0.25) is 5.91 Å². The van der Waals surface area contributed by atoms with E-state index in [1.807, 2.05) is 13.0 Å². The number of benzene rings is 1. The number of halogens is 3. The van der Waals surface area contributed by atoms with Crippen LogP contribution in [0.2, 0.25) is 0 Å². The van der Waals surface area contributed by atoms with Crippen LogP contribution in [0, 0.1) is 6.92 Å². The van der Waals surface area contributed by atoms with Crippen LogP contribution in [0.1, 0.15) is 10.7 Å². The van der Waals surface area contributed by atoms with E-state index in [0.29, 0.717) is 23.5 Å². The number of aryl methyl sites for hydroxylation is 1. The highest BCUT2D eigenvalue weighted by Crippen LogP contribution is 2.28. The van der Waals surface area contributed by atoms with Crippen molar-refractivity contribution in [3.05, 3.63) is 45.3 Å². The summed E-state index contributed by atoms with van der Waals surface area (Å²) in [6.45, 7) is 1.88. The first-order valence-corrected chi connectivity index (χ1v) is 8.99. The van der Waals surface area contributed by atoms with Crippen LogP contribution in [0.5, 0.6) is 0 Å². The number of anilines is 1. The van der Waals surface area contributed by atoms with Crippen LogP contribution in [-0.4, -0.2) is 26.6 Å². The molecular weight excluding hydrogens is 389 g/mol. The van der Waals surface area contributed by atoms with Gasteiger partial charge >= 0.3 is 6.18 Å². The van der Waals surface area contributed by atoms with Gasteiger partial charge in [0, 0.05) is 11.8 Å². The molecule has 0 aliphatic heterocycles. The van der Waals surface area contributed by atoms with Crippen molar-refractivity contribution in [1.29, 1.82) is 0 Å². The zero-order valence-corrected chi connectivity index (χ0v) is 14.8. The predicted molar refractivity (Wildman–Crippen MR) is 93.6 cm³/mol. The van der Waals surface area contributed by atoms with Crippen LogP contribution in [0.15, 0.2) is 34.2 Å². The summed E-state index contributed by atoms with van der Waals surface area (Å²) in [5.41, 5.74) is -0.950. The Morgan fingerprint density at radius 1 is 1.31 bits per heavy atom. The van der Waals surface area contributed by atoms with Crippen molar-refractivity contribution in [1.82, 2.24) is 15.0 Å². The van der Waals surface area contributed by atoms with Gasteiger partial charge in [-0.2, -0.15) is 13.2 Å². The molecule has 6 nitrogen and oxygen atoms in total. The highest BCUT2D eigenvalue weighted by atomic mass is 32.2. The third kappa shape index (κ3) is 4.41. The average molecular weight is 400 g/mol. The van der Waals surface area contributed by atoms with Gasteiger partial charge in [0.15, 0.2) is 10.9 Å². The number of nitrogens with zero attached hydrogens (tertiary/aromatic N) is 2. The second-order valence-corrected chi connectivity index (χ2v) is 7.38. The molecule has 136 valence electrons. The van der Waals surface area contributed by atoms with Crippen molar-refractivity contribution < 1.29 is 18.0 Å². The molecule has 0 aliphatic rings. The molecule has 1 aromatic carbocycles. The number of carbonyl (C=O) groups excluding carboxylic acids is 1. The lowest BCUT2D eigenvalue weighted by Gasteiger charge is -2.07. The largest absolute Gasteiger partial charge is 0.433 e. The van der Waals surface area contributed by atoms with E-state index >= 15 is 0 Å². The molecule has 11 heteroatoms. The molecule has 3 rings (SSSR count). The first kappa shape index (κ1) is 18.4. The highest BCUT2D eigenvalue weighted by molar-refractivity contribution is 7.99. The van der Waals surface area contributed by atoms with Gasteiger partial charge in [0.05, 0.1) is 21.0 Å². The maximum Gasteiger partial charge on any atom is 0.433 e. The zero-order chi connectivity index (χ0) is 18.9. The quantitative estimate of drug-likeness (QED) is 0.517. The summed E-state index contributed by atoms with van der Waals surface area (Å²) in [7, 11) is 0. The van der Waals surface area contributed by atoms with E-state index in [2.05, 4.69) is 20.3 Å². The molecule has 1 amide bonds. The number of hydrogen-bond donors (Lipinski definition) is 2. The minimum atomic E-state index is -4.73. The van der Waals surface area contributed by atoms with Crippen molar-refractivity contribution >= 4 is 44.9 Å². The van der Waals surface area contributed by atoms with Gasteiger partial charge in [-0.15, -0.1) is 11.3 Å². The molecule has 2 N–H and O–H groups in total. The van der Waals surface area contributed by atoms with E-state index in [1.165, 1.54) is 11.3 Å². The molecule has 0 aliphatic carbocycles. The summed E-state index contributed by atoms with van der Waals surface area (Å²) >= 11 is 2.24. The van der Waals surface area contributed by atoms with Gasteiger partial charge in [-0.25, -0.2) is 9.97 Å². The second kappa shape index (κ2) is 7.08. The Bertz CT molecular complexity index is 1030. The number of nitrogens with one attached hydrogen (secondary N) is 2. The van der Waals surface area contributed by atoms with Crippen LogP contribution in [0.4, 0.5) is 18.9 Å². The fraction of sp³-hybridized carbons (Fsp3) is 0.200.